The predicted molar refractivity (Wildman–Crippen MR) is 159 cm³/mol. The lowest BCUT2D eigenvalue weighted by Gasteiger charge is -2.22. The van der Waals surface area contributed by atoms with Crippen molar-refractivity contribution in [2.24, 2.45) is 0 Å². The van der Waals surface area contributed by atoms with E-state index in [4.69, 9.17) is 18.9 Å². The molecule has 0 fully saturated rings. The van der Waals surface area contributed by atoms with Gasteiger partial charge >= 0.3 is 0 Å². The lowest BCUT2D eigenvalue weighted by atomic mass is 9.82. The number of fused-ring (bicyclic) bond motifs is 4. The molecule has 8 rings (SSSR count). The first kappa shape index (κ1) is 23.0. The van der Waals surface area contributed by atoms with E-state index < -0.39 is 0 Å². The molecule has 0 spiro atoms. The van der Waals surface area contributed by atoms with Gasteiger partial charge < -0.3 is 18.9 Å². The molecule has 194 valence electrons. The first-order valence-electron chi connectivity index (χ1n) is 13.5. The Morgan fingerprint density at radius 2 is 0.875 bits per heavy atom. The Bertz CT molecular complexity index is 1840. The van der Waals surface area contributed by atoms with Crippen LogP contribution < -0.4 is 18.9 Å². The molecular weight excluding hydrogens is 496 g/mol. The molecule has 40 heavy (non-hydrogen) atoms. The molecule has 6 aromatic carbocycles. The molecule has 0 amide bonds. The fourth-order valence-electron chi connectivity index (χ4n) is 6.27. The summed E-state index contributed by atoms with van der Waals surface area (Å²) in [6.45, 7) is 5.00. The summed E-state index contributed by atoms with van der Waals surface area (Å²) in [5.41, 5.74) is 9.56. The molecule has 2 aliphatic heterocycles. The molecule has 0 saturated carbocycles. The van der Waals surface area contributed by atoms with Crippen molar-refractivity contribution in [3.05, 3.63) is 108 Å². The zero-order chi connectivity index (χ0) is 26.8. The Hall–Kier alpha value is -4.96. The van der Waals surface area contributed by atoms with Crippen LogP contribution in [0.4, 0.5) is 0 Å². The highest BCUT2D eigenvalue weighted by Gasteiger charge is 2.22. The Kier molecular flexibility index (Phi) is 5.05. The molecule has 2 heterocycles. The second-order valence-electron chi connectivity index (χ2n) is 10.4. The van der Waals surface area contributed by atoms with Crippen LogP contribution in [-0.4, -0.2) is 13.6 Å². The average Bonchev–Trinajstić information content (AvgIpc) is 3.66. The summed E-state index contributed by atoms with van der Waals surface area (Å²) in [5.74, 6) is 3.16. The number of hydrogen-bond donors (Lipinski definition) is 0. The maximum Gasteiger partial charge on any atom is 0.231 e. The van der Waals surface area contributed by atoms with Gasteiger partial charge in [-0.3, -0.25) is 0 Å². The molecule has 0 atom stereocenters. The summed E-state index contributed by atoms with van der Waals surface area (Å²) >= 11 is 0. The van der Waals surface area contributed by atoms with Gasteiger partial charge in [-0.25, -0.2) is 0 Å². The topological polar surface area (TPSA) is 36.9 Å². The molecule has 2 aliphatic rings. The van der Waals surface area contributed by atoms with Crippen LogP contribution in [0.1, 0.15) is 11.1 Å². The minimum absolute atomic E-state index is 0.262. The lowest BCUT2D eigenvalue weighted by molar-refractivity contribution is 0.173. The molecule has 0 N–H and O–H groups in total. The summed E-state index contributed by atoms with van der Waals surface area (Å²) in [6, 6.07) is 34.4. The average molecular weight is 523 g/mol. The first-order valence-corrected chi connectivity index (χ1v) is 13.5. The van der Waals surface area contributed by atoms with Crippen molar-refractivity contribution in [2.75, 3.05) is 13.6 Å². The number of rotatable bonds is 3. The molecule has 0 aromatic heterocycles. The van der Waals surface area contributed by atoms with Gasteiger partial charge in [0.05, 0.1) is 0 Å². The normalized spacial score (nSPS) is 13.3. The van der Waals surface area contributed by atoms with E-state index in [9.17, 15) is 0 Å². The van der Waals surface area contributed by atoms with Crippen LogP contribution in [0.5, 0.6) is 23.0 Å². The van der Waals surface area contributed by atoms with Gasteiger partial charge in [0, 0.05) is 0 Å². The van der Waals surface area contributed by atoms with Gasteiger partial charge in [-0.1, -0.05) is 60.7 Å². The summed E-state index contributed by atoms with van der Waals surface area (Å²) < 4.78 is 22.7. The van der Waals surface area contributed by atoms with Gasteiger partial charge in [-0.15, -0.1) is 0 Å². The van der Waals surface area contributed by atoms with E-state index in [-0.39, 0.29) is 13.6 Å². The van der Waals surface area contributed by atoms with Crippen molar-refractivity contribution in [2.45, 2.75) is 13.8 Å². The molecule has 4 nitrogen and oxygen atoms in total. The number of ether oxygens (including phenoxy) is 4. The van der Waals surface area contributed by atoms with Crippen molar-refractivity contribution in [3.63, 3.8) is 0 Å². The van der Waals surface area contributed by atoms with Crippen LogP contribution in [0.25, 0.3) is 54.9 Å². The zero-order valence-corrected chi connectivity index (χ0v) is 22.3. The Morgan fingerprint density at radius 1 is 0.450 bits per heavy atom. The third-order valence-electron chi connectivity index (χ3n) is 8.24. The van der Waals surface area contributed by atoms with E-state index in [1.807, 2.05) is 12.1 Å². The fourth-order valence-corrected chi connectivity index (χ4v) is 6.27. The molecule has 6 aromatic rings. The third-order valence-corrected chi connectivity index (χ3v) is 8.24. The van der Waals surface area contributed by atoms with Crippen LogP contribution >= 0.6 is 0 Å². The second-order valence-corrected chi connectivity index (χ2v) is 10.4. The van der Waals surface area contributed by atoms with E-state index in [0.717, 1.165) is 34.1 Å². The van der Waals surface area contributed by atoms with E-state index in [1.54, 1.807) is 0 Å². The summed E-state index contributed by atoms with van der Waals surface area (Å²) in [4.78, 5) is 0. The quantitative estimate of drug-likeness (QED) is 0.232. The van der Waals surface area contributed by atoms with Gasteiger partial charge in [0.1, 0.15) is 0 Å². The van der Waals surface area contributed by atoms with Gasteiger partial charge in [-0.2, -0.15) is 0 Å². The fraction of sp³-hybridized carbons (Fsp3) is 0.111. The largest absolute Gasteiger partial charge is 0.454 e. The lowest BCUT2D eigenvalue weighted by Crippen LogP contribution is -1.97. The summed E-state index contributed by atoms with van der Waals surface area (Å²) in [7, 11) is 0. The molecular formula is C36H26O4. The van der Waals surface area contributed by atoms with Gasteiger partial charge in [-0.05, 0) is 116 Å². The minimum atomic E-state index is 0.262. The zero-order valence-electron chi connectivity index (χ0n) is 22.3. The van der Waals surface area contributed by atoms with Crippen molar-refractivity contribution >= 4 is 21.5 Å². The highest BCUT2D eigenvalue weighted by Crippen LogP contribution is 2.47. The van der Waals surface area contributed by atoms with Crippen LogP contribution in [0.15, 0.2) is 97.1 Å². The van der Waals surface area contributed by atoms with Crippen molar-refractivity contribution in [1.29, 1.82) is 0 Å². The van der Waals surface area contributed by atoms with Crippen molar-refractivity contribution in [1.82, 2.24) is 0 Å². The van der Waals surface area contributed by atoms with Crippen LogP contribution in [-0.2, 0) is 0 Å². The molecule has 0 saturated heterocycles. The Labute approximate surface area is 232 Å². The van der Waals surface area contributed by atoms with Gasteiger partial charge in [0.25, 0.3) is 0 Å². The highest BCUT2D eigenvalue weighted by molar-refractivity contribution is 6.11. The van der Waals surface area contributed by atoms with E-state index in [0.29, 0.717) is 0 Å². The maximum atomic E-state index is 5.73. The van der Waals surface area contributed by atoms with Crippen molar-refractivity contribution < 1.29 is 18.9 Å². The molecule has 0 unspecified atom stereocenters. The SMILES string of the molecule is Cc1c(-c2ccc3c(c2)OCO3)cc2ccccc2c1-c1c(C)c(-c2ccc3c(c2)OCO3)cc2ccccc12. The van der Waals surface area contributed by atoms with Gasteiger partial charge in [0.15, 0.2) is 23.0 Å². The standard InChI is InChI=1S/C36H26O4/c1-21-29(25-11-13-31-33(17-25)39-19-37-31)15-23-7-3-5-9-27(23)35(21)36-22(2)30(16-24-8-4-6-10-28(24)36)26-12-14-32-34(18-26)40-20-38-32/h3-18H,19-20H2,1-2H3. The molecule has 4 heteroatoms. The Morgan fingerprint density at radius 3 is 1.35 bits per heavy atom. The second kappa shape index (κ2) is 8.78. The highest BCUT2D eigenvalue weighted by atomic mass is 16.7. The van der Waals surface area contributed by atoms with Crippen molar-refractivity contribution in [3.8, 4) is 56.4 Å². The van der Waals surface area contributed by atoms with Crippen LogP contribution in [0.3, 0.4) is 0 Å². The van der Waals surface area contributed by atoms with Crippen LogP contribution in [0, 0.1) is 13.8 Å². The summed E-state index contributed by atoms with van der Waals surface area (Å²) in [5, 5.41) is 4.88. The van der Waals surface area contributed by atoms with E-state index in [2.05, 4.69) is 98.8 Å². The minimum Gasteiger partial charge on any atom is -0.454 e. The van der Waals surface area contributed by atoms with Gasteiger partial charge in [0.2, 0.25) is 13.6 Å². The van der Waals surface area contributed by atoms with E-state index >= 15 is 0 Å². The third kappa shape index (κ3) is 3.46. The molecule has 0 radical (unpaired) electrons. The molecule has 0 aliphatic carbocycles. The molecule has 0 bridgehead atoms. The maximum absolute atomic E-state index is 5.73. The Balaban J connectivity index is 1.44. The van der Waals surface area contributed by atoms with Crippen LogP contribution in [0.2, 0.25) is 0 Å². The van der Waals surface area contributed by atoms with E-state index in [1.165, 1.54) is 54.9 Å². The smallest absolute Gasteiger partial charge is 0.231 e. The summed E-state index contributed by atoms with van der Waals surface area (Å²) in [6.07, 6.45) is 0. The monoisotopic (exact) mass is 522 g/mol. The number of benzene rings is 6. The first-order chi connectivity index (χ1) is 19.7. The predicted octanol–water partition coefficient (Wildman–Crippen LogP) is 9.07. The number of hydrogen-bond acceptors (Lipinski definition) is 4.